The molecule has 26 heavy (non-hydrogen) atoms. The zero-order chi connectivity index (χ0) is 19.4. The average Bonchev–Trinajstić information content (AvgIpc) is 2.71. The second-order valence-electron chi connectivity index (χ2n) is 4.89. The van der Waals surface area contributed by atoms with Crippen molar-refractivity contribution in [1.82, 2.24) is 15.0 Å². The van der Waals surface area contributed by atoms with Gasteiger partial charge >= 0.3 is 0 Å². The zero-order valence-electron chi connectivity index (χ0n) is 16.1. The van der Waals surface area contributed by atoms with Crippen molar-refractivity contribution in [3.63, 3.8) is 0 Å². The van der Waals surface area contributed by atoms with Crippen molar-refractivity contribution in [2.75, 3.05) is 0 Å². The normalized spacial score (nSPS) is 9.15. The Bertz CT molecular complexity index is 845. The summed E-state index contributed by atoms with van der Waals surface area (Å²) in [4.78, 5) is 12.2. The van der Waals surface area contributed by atoms with Gasteiger partial charge in [0.25, 0.3) is 0 Å². The van der Waals surface area contributed by atoms with Crippen molar-refractivity contribution in [1.29, 1.82) is 0 Å². The van der Waals surface area contributed by atoms with Gasteiger partial charge in [0.1, 0.15) is 5.82 Å². The third-order valence-corrected chi connectivity index (χ3v) is 3.18. The fourth-order valence-electron chi connectivity index (χ4n) is 2.12. The van der Waals surface area contributed by atoms with Gasteiger partial charge in [-0.25, -0.2) is 4.39 Å². The predicted molar refractivity (Wildman–Crippen MR) is 109 cm³/mol. The molecule has 4 rings (SSSR count). The van der Waals surface area contributed by atoms with Crippen molar-refractivity contribution in [2.45, 2.75) is 34.6 Å². The summed E-state index contributed by atoms with van der Waals surface area (Å²) in [7, 11) is 0. The van der Waals surface area contributed by atoms with E-state index < -0.39 is 0 Å². The number of para-hydroxylation sites is 1. The standard InChI is InChI=1S/C9H6FN.C9H8N2.2C2H6/c10-8-5-7-3-1-2-4-9(7)11-6-8;1-7-2-3-8-9(6-7)11-5-4-10-8;2*1-2/h1-6H;2-6H,1H3;2*1-2H3. The van der Waals surface area contributed by atoms with Gasteiger partial charge in [0, 0.05) is 17.8 Å². The number of aromatic nitrogens is 3. The topological polar surface area (TPSA) is 38.7 Å². The Hall–Kier alpha value is -2.88. The Morgan fingerprint density at radius 1 is 0.692 bits per heavy atom. The van der Waals surface area contributed by atoms with Crippen molar-refractivity contribution in [3.8, 4) is 0 Å². The zero-order valence-corrected chi connectivity index (χ0v) is 16.1. The molecule has 0 atom stereocenters. The molecule has 3 nitrogen and oxygen atoms in total. The van der Waals surface area contributed by atoms with Crippen LogP contribution in [0.25, 0.3) is 21.9 Å². The molecular formula is C22H26FN3. The summed E-state index contributed by atoms with van der Waals surface area (Å²) in [5.74, 6) is -0.288. The number of hydrogen-bond acceptors (Lipinski definition) is 3. The van der Waals surface area contributed by atoms with E-state index in [4.69, 9.17) is 0 Å². The van der Waals surface area contributed by atoms with Crippen LogP contribution >= 0.6 is 0 Å². The first-order valence-corrected chi connectivity index (χ1v) is 8.90. The van der Waals surface area contributed by atoms with Gasteiger partial charge in [0.2, 0.25) is 0 Å². The Balaban J connectivity index is 0.000000219. The number of pyridine rings is 1. The minimum absolute atomic E-state index is 0.288. The summed E-state index contributed by atoms with van der Waals surface area (Å²) < 4.78 is 12.6. The van der Waals surface area contributed by atoms with E-state index >= 15 is 0 Å². The molecule has 0 saturated carbocycles. The van der Waals surface area contributed by atoms with Gasteiger partial charge in [-0.05, 0) is 36.8 Å². The number of hydrogen-bond donors (Lipinski definition) is 0. The average molecular weight is 351 g/mol. The summed E-state index contributed by atoms with van der Waals surface area (Å²) in [5, 5.41) is 0.840. The van der Waals surface area contributed by atoms with Gasteiger partial charge in [-0.3, -0.25) is 15.0 Å². The fourth-order valence-corrected chi connectivity index (χ4v) is 2.12. The maximum atomic E-state index is 12.6. The van der Waals surface area contributed by atoms with E-state index in [-0.39, 0.29) is 5.82 Å². The van der Waals surface area contributed by atoms with Gasteiger partial charge in [0.15, 0.2) is 0 Å². The number of halogens is 1. The molecule has 2 aromatic heterocycles. The summed E-state index contributed by atoms with van der Waals surface area (Å²) in [5.41, 5.74) is 3.97. The monoisotopic (exact) mass is 351 g/mol. The number of nitrogens with zero attached hydrogens (tertiary/aromatic N) is 3. The lowest BCUT2D eigenvalue weighted by Gasteiger charge is -1.95. The number of aryl methyl sites for hydroxylation is 1. The second kappa shape index (κ2) is 11.6. The molecule has 0 fully saturated rings. The van der Waals surface area contributed by atoms with E-state index in [0.29, 0.717) is 0 Å². The van der Waals surface area contributed by atoms with Crippen LogP contribution < -0.4 is 0 Å². The van der Waals surface area contributed by atoms with E-state index in [1.54, 1.807) is 12.4 Å². The van der Waals surface area contributed by atoms with Crippen molar-refractivity contribution in [3.05, 3.63) is 78.5 Å². The van der Waals surface area contributed by atoms with E-state index in [1.807, 2.05) is 77.1 Å². The molecule has 0 aliphatic rings. The first kappa shape index (κ1) is 21.2. The van der Waals surface area contributed by atoms with Crippen LogP contribution in [0.5, 0.6) is 0 Å². The minimum atomic E-state index is -0.288. The van der Waals surface area contributed by atoms with Gasteiger partial charge in [-0.1, -0.05) is 52.0 Å². The molecule has 0 amide bonds. The molecule has 0 radical (unpaired) electrons. The summed E-state index contributed by atoms with van der Waals surface area (Å²) in [6.45, 7) is 10.0. The van der Waals surface area contributed by atoms with E-state index in [0.717, 1.165) is 21.9 Å². The molecule has 0 saturated heterocycles. The van der Waals surface area contributed by atoms with Gasteiger partial charge in [-0.15, -0.1) is 0 Å². The second-order valence-corrected chi connectivity index (χ2v) is 4.89. The van der Waals surface area contributed by atoms with E-state index in [2.05, 4.69) is 15.0 Å². The first-order valence-electron chi connectivity index (χ1n) is 8.90. The number of fused-ring (bicyclic) bond motifs is 2. The third-order valence-electron chi connectivity index (χ3n) is 3.18. The summed E-state index contributed by atoms with van der Waals surface area (Å²) >= 11 is 0. The highest BCUT2D eigenvalue weighted by Gasteiger charge is 1.94. The van der Waals surface area contributed by atoms with E-state index in [9.17, 15) is 4.39 Å². The molecular weight excluding hydrogens is 325 g/mol. The SMILES string of the molecule is CC.CC.Cc1ccc2nccnc2c1.Fc1cnc2ccccc2c1. The molecule has 4 aromatic rings. The number of benzene rings is 2. The minimum Gasteiger partial charge on any atom is -0.253 e. The van der Waals surface area contributed by atoms with Gasteiger partial charge in [-0.2, -0.15) is 0 Å². The van der Waals surface area contributed by atoms with Crippen molar-refractivity contribution < 1.29 is 4.39 Å². The van der Waals surface area contributed by atoms with Crippen LogP contribution in [0.1, 0.15) is 33.3 Å². The van der Waals surface area contributed by atoms with Crippen LogP contribution in [0.2, 0.25) is 0 Å². The van der Waals surface area contributed by atoms with Crippen LogP contribution in [0.15, 0.2) is 67.1 Å². The van der Waals surface area contributed by atoms with Crippen molar-refractivity contribution in [2.24, 2.45) is 0 Å². The Morgan fingerprint density at radius 3 is 2.08 bits per heavy atom. The van der Waals surface area contributed by atoms with Crippen molar-refractivity contribution >= 4 is 21.9 Å². The molecule has 2 aromatic carbocycles. The Labute approximate surface area is 155 Å². The highest BCUT2D eigenvalue weighted by atomic mass is 19.1. The molecule has 0 bridgehead atoms. The molecule has 4 heteroatoms. The lowest BCUT2D eigenvalue weighted by molar-refractivity contribution is 0.624. The highest BCUT2D eigenvalue weighted by molar-refractivity contribution is 5.78. The highest BCUT2D eigenvalue weighted by Crippen LogP contribution is 2.11. The number of rotatable bonds is 0. The Morgan fingerprint density at radius 2 is 1.35 bits per heavy atom. The Kier molecular flexibility index (Phi) is 9.47. The predicted octanol–water partition coefficient (Wildman–Crippen LogP) is 6.36. The molecule has 0 spiro atoms. The van der Waals surface area contributed by atoms with Crippen LogP contribution in [0.4, 0.5) is 4.39 Å². The van der Waals surface area contributed by atoms with Crippen LogP contribution in [0, 0.1) is 12.7 Å². The fraction of sp³-hybridized carbons (Fsp3) is 0.227. The summed E-state index contributed by atoms with van der Waals surface area (Å²) in [6, 6.07) is 15.0. The quantitative estimate of drug-likeness (QED) is 0.370. The molecule has 0 aliphatic carbocycles. The van der Waals surface area contributed by atoms with Gasteiger partial charge in [0.05, 0.1) is 22.7 Å². The molecule has 0 N–H and O–H groups in total. The molecule has 0 aliphatic heterocycles. The molecule has 0 unspecified atom stereocenters. The maximum absolute atomic E-state index is 12.6. The van der Waals surface area contributed by atoms with Crippen LogP contribution in [-0.4, -0.2) is 15.0 Å². The third kappa shape index (κ3) is 6.20. The lowest BCUT2D eigenvalue weighted by atomic mass is 10.2. The largest absolute Gasteiger partial charge is 0.253 e. The first-order chi connectivity index (χ1) is 12.7. The lowest BCUT2D eigenvalue weighted by Crippen LogP contribution is -1.81. The van der Waals surface area contributed by atoms with Gasteiger partial charge < -0.3 is 0 Å². The molecule has 136 valence electrons. The van der Waals surface area contributed by atoms with E-state index in [1.165, 1.54) is 17.8 Å². The summed E-state index contributed by atoms with van der Waals surface area (Å²) in [6.07, 6.45) is 4.64. The van der Waals surface area contributed by atoms with Crippen LogP contribution in [-0.2, 0) is 0 Å². The van der Waals surface area contributed by atoms with Crippen LogP contribution in [0.3, 0.4) is 0 Å². The molecule has 2 heterocycles. The smallest absolute Gasteiger partial charge is 0.142 e. The maximum Gasteiger partial charge on any atom is 0.142 e.